The number of aryl methyl sites for hydroxylation is 2. The molecule has 0 aromatic heterocycles. The lowest BCUT2D eigenvalue weighted by Crippen LogP contribution is -2.37. The van der Waals surface area contributed by atoms with Crippen LogP contribution in [0.15, 0.2) is 42.5 Å². The van der Waals surface area contributed by atoms with Gasteiger partial charge in [-0.2, -0.15) is 4.31 Å². The van der Waals surface area contributed by atoms with Crippen molar-refractivity contribution in [1.82, 2.24) is 4.31 Å². The smallest absolute Gasteiger partial charge is 0.239 e. The van der Waals surface area contributed by atoms with E-state index in [4.69, 9.17) is 0 Å². The van der Waals surface area contributed by atoms with Crippen LogP contribution in [0.4, 0.5) is 10.1 Å². The molecule has 0 aliphatic rings. The number of amides is 1. The first-order chi connectivity index (χ1) is 11.7. The molecule has 0 aliphatic carbocycles. The molecular weight excluding hydrogens is 343 g/mol. The Morgan fingerprint density at radius 1 is 1.08 bits per heavy atom. The van der Waals surface area contributed by atoms with Gasteiger partial charge in [0.2, 0.25) is 15.9 Å². The fourth-order valence-electron chi connectivity index (χ4n) is 2.43. The molecule has 0 heterocycles. The fraction of sp³-hybridized carbons (Fsp3) is 0.278. The predicted molar refractivity (Wildman–Crippen MR) is 96.2 cm³/mol. The zero-order valence-electron chi connectivity index (χ0n) is 14.4. The van der Waals surface area contributed by atoms with E-state index in [1.165, 1.54) is 24.3 Å². The summed E-state index contributed by atoms with van der Waals surface area (Å²) >= 11 is 0. The van der Waals surface area contributed by atoms with Crippen LogP contribution in [0.5, 0.6) is 0 Å². The highest BCUT2D eigenvalue weighted by atomic mass is 32.2. The zero-order valence-corrected chi connectivity index (χ0v) is 15.2. The standard InChI is InChI=1S/C18H21FN2O3S/c1-13-5-4-6-14(2)18(13)20-17(22)12-21(25(3,23)24)11-15-7-9-16(19)10-8-15/h4-10H,11-12H2,1-3H3,(H,20,22). The van der Waals surface area contributed by atoms with E-state index in [0.717, 1.165) is 21.7 Å². The Morgan fingerprint density at radius 3 is 2.16 bits per heavy atom. The van der Waals surface area contributed by atoms with E-state index >= 15 is 0 Å². The highest BCUT2D eigenvalue weighted by molar-refractivity contribution is 7.88. The lowest BCUT2D eigenvalue weighted by molar-refractivity contribution is -0.116. The first-order valence-corrected chi connectivity index (χ1v) is 9.57. The lowest BCUT2D eigenvalue weighted by atomic mass is 10.1. The lowest BCUT2D eigenvalue weighted by Gasteiger charge is -2.20. The number of nitrogens with one attached hydrogen (secondary N) is 1. The molecule has 0 saturated heterocycles. The van der Waals surface area contributed by atoms with Gasteiger partial charge in [-0.3, -0.25) is 4.79 Å². The summed E-state index contributed by atoms with van der Waals surface area (Å²) in [6.45, 7) is 3.42. The third-order valence-electron chi connectivity index (χ3n) is 3.81. The topological polar surface area (TPSA) is 66.5 Å². The average molecular weight is 364 g/mol. The van der Waals surface area contributed by atoms with Crippen molar-refractivity contribution in [3.8, 4) is 0 Å². The van der Waals surface area contributed by atoms with Gasteiger partial charge in [-0.05, 0) is 42.7 Å². The summed E-state index contributed by atoms with van der Waals surface area (Å²) in [6, 6.07) is 11.1. The number of halogens is 1. The van der Waals surface area contributed by atoms with Crippen molar-refractivity contribution < 1.29 is 17.6 Å². The normalized spacial score (nSPS) is 11.6. The summed E-state index contributed by atoms with van der Waals surface area (Å²) in [4.78, 5) is 12.3. The van der Waals surface area contributed by atoms with E-state index in [9.17, 15) is 17.6 Å². The Morgan fingerprint density at radius 2 is 1.64 bits per heavy atom. The number of rotatable bonds is 6. The molecule has 0 spiro atoms. The third-order valence-corrected chi connectivity index (χ3v) is 5.00. The van der Waals surface area contributed by atoms with Gasteiger partial charge >= 0.3 is 0 Å². The summed E-state index contributed by atoms with van der Waals surface area (Å²) in [5.41, 5.74) is 3.09. The fourth-order valence-corrected chi connectivity index (χ4v) is 3.17. The molecule has 2 rings (SSSR count). The Balaban J connectivity index is 2.14. The van der Waals surface area contributed by atoms with Crippen molar-refractivity contribution in [2.24, 2.45) is 0 Å². The molecule has 1 amide bonds. The van der Waals surface area contributed by atoms with Crippen molar-refractivity contribution in [2.75, 3.05) is 18.1 Å². The van der Waals surface area contributed by atoms with Gasteiger partial charge in [0.15, 0.2) is 0 Å². The second-order valence-electron chi connectivity index (χ2n) is 5.97. The second kappa shape index (κ2) is 7.76. The van der Waals surface area contributed by atoms with Crippen LogP contribution in [-0.4, -0.2) is 31.4 Å². The van der Waals surface area contributed by atoms with Gasteiger partial charge < -0.3 is 5.32 Å². The van der Waals surface area contributed by atoms with Crippen molar-refractivity contribution in [1.29, 1.82) is 0 Å². The van der Waals surface area contributed by atoms with E-state index in [2.05, 4.69) is 5.32 Å². The van der Waals surface area contributed by atoms with Crippen LogP contribution in [0.1, 0.15) is 16.7 Å². The predicted octanol–water partition coefficient (Wildman–Crippen LogP) is 2.84. The first-order valence-electron chi connectivity index (χ1n) is 7.72. The highest BCUT2D eigenvalue weighted by Crippen LogP contribution is 2.19. The van der Waals surface area contributed by atoms with Gasteiger partial charge in [-0.25, -0.2) is 12.8 Å². The molecule has 7 heteroatoms. The molecule has 0 bridgehead atoms. The first kappa shape index (κ1) is 19.1. The molecule has 0 fully saturated rings. The van der Waals surface area contributed by atoms with E-state index in [1.54, 1.807) is 0 Å². The van der Waals surface area contributed by atoms with Crippen LogP contribution in [0, 0.1) is 19.7 Å². The summed E-state index contributed by atoms with van der Waals surface area (Å²) in [7, 11) is -3.60. The maximum absolute atomic E-state index is 13.0. The quantitative estimate of drug-likeness (QED) is 0.857. The Hall–Kier alpha value is -2.25. The van der Waals surface area contributed by atoms with Crippen LogP contribution >= 0.6 is 0 Å². The molecule has 2 aromatic carbocycles. The number of hydrogen-bond donors (Lipinski definition) is 1. The molecule has 0 radical (unpaired) electrons. The number of carbonyl (C=O) groups excluding carboxylic acids is 1. The SMILES string of the molecule is Cc1cccc(C)c1NC(=O)CN(Cc1ccc(F)cc1)S(C)(=O)=O. The van der Waals surface area contributed by atoms with Gasteiger partial charge in [0.05, 0.1) is 12.8 Å². The maximum Gasteiger partial charge on any atom is 0.239 e. The molecule has 0 saturated carbocycles. The molecule has 25 heavy (non-hydrogen) atoms. The second-order valence-corrected chi connectivity index (χ2v) is 7.95. The van der Waals surface area contributed by atoms with Gasteiger partial charge in [0, 0.05) is 12.2 Å². The molecule has 0 aliphatic heterocycles. The average Bonchev–Trinajstić information content (AvgIpc) is 2.51. The minimum absolute atomic E-state index is 0.000707. The third kappa shape index (κ3) is 5.37. The highest BCUT2D eigenvalue weighted by Gasteiger charge is 2.21. The van der Waals surface area contributed by atoms with Gasteiger partial charge in [0.1, 0.15) is 5.82 Å². The van der Waals surface area contributed by atoms with E-state index in [1.807, 2.05) is 32.0 Å². The van der Waals surface area contributed by atoms with E-state index < -0.39 is 21.7 Å². The summed E-state index contributed by atoms with van der Waals surface area (Å²) in [5.74, 6) is -0.827. The molecular formula is C18H21FN2O3S. The molecule has 5 nitrogen and oxygen atoms in total. The Labute approximate surface area is 147 Å². The Kier molecular flexibility index (Phi) is 5.92. The number of sulfonamides is 1. The molecule has 134 valence electrons. The summed E-state index contributed by atoms with van der Waals surface area (Å²) in [6.07, 6.45) is 1.04. The molecule has 1 N–H and O–H groups in total. The van der Waals surface area contributed by atoms with E-state index in [-0.39, 0.29) is 13.1 Å². The number of para-hydroxylation sites is 1. The van der Waals surface area contributed by atoms with Crippen molar-refractivity contribution >= 4 is 21.6 Å². The Bertz CT molecular complexity index is 844. The monoisotopic (exact) mass is 364 g/mol. The number of benzene rings is 2. The number of anilines is 1. The van der Waals surface area contributed by atoms with Crippen molar-refractivity contribution in [3.63, 3.8) is 0 Å². The van der Waals surface area contributed by atoms with Crippen molar-refractivity contribution in [2.45, 2.75) is 20.4 Å². The summed E-state index contributed by atoms with van der Waals surface area (Å²) < 4.78 is 38.0. The van der Waals surface area contributed by atoms with Gasteiger partial charge in [-0.15, -0.1) is 0 Å². The molecule has 0 unspecified atom stereocenters. The van der Waals surface area contributed by atoms with Gasteiger partial charge in [-0.1, -0.05) is 30.3 Å². The number of hydrogen-bond acceptors (Lipinski definition) is 3. The van der Waals surface area contributed by atoms with Crippen LogP contribution in [0.2, 0.25) is 0 Å². The molecule has 2 aromatic rings. The number of carbonyl (C=O) groups is 1. The van der Waals surface area contributed by atoms with E-state index in [0.29, 0.717) is 11.3 Å². The largest absolute Gasteiger partial charge is 0.324 e. The summed E-state index contributed by atoms with van der Waals surface area (Å²) in [5, 5.41) is 2.77. The van der Waals surface area contributed by atoms with Crippen LogP contribution in [-0.2, 0) is 21.4 Å². The maximum atomic E-state index is 13.0. The minimum Gasteiger partial charge on any atom is -0.324 e. The number of nitrogens with zero attached hydrogens (tertiary/aromatic N) is 1. The zero-order chi connectivity index (χ0) is 18.6. The van der Waals surface area contributed by atoms with Crippen LogP contribution in [0.25, 0.3) is 0 Å². The minimum atomic E-state index is -3.60. The van der Waals surface area contributed by atoms with Crippen LogP contribution in [0.3, 0.4) is 0 Å². The van der Waals surface area contributed by atoms with Crippen molar-refractivity contribution in [3.05, 3.63) is 65.0 Å². The van der Waals surface area contributed by atoms with Gasteiger partial charge in [0.25, 0.3) is 0 Å². The molecule has 0 atom stereocenters. The van der Waals surface area contributed by atoms with Crippen LogP contribution < -0.4 is 5.32 Å².